The van der Waals surface area contributed by atoms with E-state index in [9.17, 15) is 4.79 Å². The number of rotatable bonds is 4. The zero-order chi connectivity index (χ0) is 14.5. The van der Waals surface area contributed by atoms with Crippen LogP contribution in [0.25, 0.3) is 11.1 Å². The molecular formula is C19H21NO. The summed E-state index contributed by atoms with van der Waals surface area (Å²) in [5.41, 5.74) is 3.43. The molecule has 0 saturated heterocycles. The first-order valence-corrected chi connectivity index (χ1v) is 7.75. The molecule has 1 saturated carbocycles. The largest absolute Gasteiger partial charge is 0.353 e. The van der Waals surface area contributed by atoms with Crippen LogP contribution in [0, 0.1) is 0 Å². The van der Waals surface area contributed by atoms with E-state index in [2.05, 4.69) is 29.6 Å². The van der Waals surface area contributed by atoms with Crippen LogP contribution in [-0.2, 0) is 11.2 Å². The summed E-state index contributed by atoms with van der Waals surface area (Å²) in [5, 5.41) is 3.15. The molecule has 2 aromatic rings. The second kappa shape index (κ2) is 6.57. The van der Waals surface area contributed by atoms with E-state index >= 15 is 0 Å². The number of carbonyl (C=O) groups is 1. The van der Waals surface area contributed by atoms with Gasteiger partial charge in [-0.15, -0.1) is 0 Å². The molecule has 2 aromatic carbocycles. The molecule has 0 radical (unpaired) electrons. The number of amides is 1. The maximum Gasteiger partial charge on any atom is 0.224 e. The Bertz CT molecular complexity index is 600. The SMILES string of the molecule is O=C(Cc1cccc(-c2ccccc2)c1)NC1CCCC1. The molecular weight excluding hydrogens is 258 g/mol. The van der Waals surface area contributed by atoms with Crippen molar-refractivity contribution in [2.75, 3.05) is 0 Å². The first-order valence-electron chi connectivity index (χ1n) is 7.75. The Kier molecular flexibility index (Phi) is 4.34. The minimum Gasteiger partial charge on any atom is -0.353 e. The fourth-order valence-corrected chi connectivity index (χ4v) is 3.03. The number of nitrogens with one attached hydrogen (secondary N) is 1. The topological polar surface area (TPSA) is 29.1 Å². The Morgan fingerprint density at radius 1 is 0.952 bits per heavy atom. The van der Waals surface area contributed by atoms with E-state index in [1.807, 2.05) is 30.3 Å². The van der Waals surface area contributed by atoms with Gasteiger partial charge in [0.05, 0.1) is 6.42 Å². The van der Waals surface area contributed by atoms with Crippen molar-refractivity contribution in [3.8, 4) is 11.1 Å². The summed E-state index contributed by atoms with van der Waals surface area (Å²) in [6.07, 6.45) is 5.23. The van der Waals surface area contributed by atoms with Crippen LogP contribution in [0.2, 0.25) is 0 Å². The van der Waals surface area contributed by atoms with Crippen molar-refractivity contribution >= 4 is 5.91 Å². The van der Waals surface area contributed by atoms with Crippen molar-refractivity contribution in [2.24, 2.45) is 0 Å². The molecule has 1 aliphatic carbocycles. The minimum absolute atomic E-state index is 0.145. The Morgan fingerprint density at radius 3 is 2.43 bits per heavy atom. The van der Waals surface area contributed by atoms with Gasteiger partial charge in [0.25, 0.3) is 0 Å². The van der Waals surface area contributed by atoms with Crippen LogP contribution < -0.4 is 5.32 Å². The molecule has 0 bridgehead atoms. The Labute approximate surface area is 126 Å². The fraction of sp³-hybridized carbons (Fsp3) is 0.316. The molecule has 1 aliphatic rings. The molecule has 1 N–H and O–H groups in total. The van der Waals surface area contributed by atoms with Gasteiger partial charge in [0.1, 0.15) is 0 Å². The number of benzene rings is 2. The number of hydrogen-bond donors (Lipinski definition) is 1. The van der Waals surface area contributed by atoms with Crippen LogP contribution in [-0.4, -0.2) is 11.9 Å². The van der Waals surface area contributed by atoms with Gasteiger partial charge in [0.15, 0.2) is 0 Å². The van der Waals surface area contributed by atoms with E-state index in [0.29, 0.717) is 12.5 Å². The fourth-order valence-electron chi connectivity index (χ4n) is 3.03. The summed E-state index contributed by atoms with van der Waals surface area (Å²) >= 11 is 0. The normalized spacial score (nSPS) is 15.0. The molecule has 1 fully saturated rings. The van der Waals surface area contributed by atoms with Gasteiger partial charge in [-0.1, -0.05) is 67.4 Å². The number of carbonyl (C=O) groups excluding carboxylic acids is 1. The average Bonchev–Trinajstić information content (AvgIpc) is 3.01. The molecule has 0 spiro atoms. The van der Waals surface area contributed by atoms with Gasteiger partial charge in [-0.2, -0.15) is 0 Å². The minimum atomic E-state index is 0.145. The van der Waals surface area contributed by atoms with Gasteiger partial charge in [-0.25, -0.2) is 0 Å². The van der Waals surface area contributed by atoms with Crippen molar-refractivity contribution in [3.63, 3.8) is 0 Å². The summed E-state index contributed by atoms with van der Waals surface area (Å²) in [6, 6.07) is 18.9. The first kappa shape index (κ1) is 13.9. The van der Waals surface area contributed by atoms with E-state index < -0.39 is 0 Å². The van der Waals surface area contributed by atoms with Crippen molar-refractivity contribution in [2.45, 2.75) is 38.1 Å². The molecule has 0 heterocycles. The maximum absolute atomic E-state index is 12.1. The van der Waals surface area contributed by atoms with E-state index in [4.69, 9.17) is 0 Å². The number of hydrogen-bond acceptors (Lipinski definition) is 1. The maximum atomic E-state index is 12.1. The smallest absolute Gasteiger partial charge is 0.224 e. The predicted octanol–water partition coefficient (Wildman–Crippen LogP) is 3.95. The van der Waals surface area contributed by atoms with Crippen LogP contribution >= 0.6 is 0 Å². The van der Waals surface area contributed by atoms with Crippen molar-refractivity contribution in [3.05, 3.63) is 60.2 Å². The third-order valence-electron chi connectivity index (χ3n) is 4.12. The van der Waals surface area contributed by atoms with Gasteiger partial charge >= 0.3 is 0 Å². The summed E-state index contributed by atoms with van der Waals surface area (Å²) in [5.74, 6) is 0.145. The molecule has 21 heavy (non-hydrogen) atoms. The molecule has 0 unspecified atom stereocenters. The van der Waals surface area contributed by atoms with Gasteiger partial charge in [0.2, 0.25) is 5.91 Å². The lowest BCUT2D eigenvalue weighted by molar-refractivity contribution is -0.121. The van der Waals surface area contributed by atoms with Crippen molar-refractivity contribution in [1.82, 2.24) is 5.32 Å². The molecule has 2 heteroatoms. The lowest BCUT2D eigenvalue weighted by Gasteiger charge is -2.12. The Hall–Kier alpha value is -2.09. The van der Waals surface area contributed by atoms with E-state index in [1.165, 1.54) is 24.0 Å². The molecule has 3 rings (SSSR count). The molecule has 0 aliphatic heterocycles. The molecule has 2 nitrogen and oxygen atoms in total. The predicted molar refractivity (Wildman–Crippen MR) is 86.0 cm³/mol. The second-order valence-corrected chi connectivity index (χ2v) is 5.79. The lowest BCUT2D eigenvalue weighted by Crippen LogP contribution is -2.33. The second-order valence-electron chi connectivity index (χ2n) is 5.79. The van der Waals surface area contributed by atoms with E-state index in [0.717, 1.165) is 18.4 Å². The van der Waals surface area contributed by atoms with Crippen LogP contribution in [0.4, 0.5) is 0 Å². The highest BCUT2D eigenvalue weighted by Crippen LogP contribution is 2.21. The standard InChI is InChI=1S/C19H21NO/c21-19(20-18-11-4-5-12-18)14-15-7-6-10-17(13-15)16-8-2-1-3-9-16/h1-3,6-10,13,18H,4-5,11-12,14H2,(H,20,21). The highest BCUT2D eigenvalue weighted by molar-refractivity contribution is 5.79. The quantitative estimate of drug-likeness (QED) is 0.902. The average molecular weight is 279 g/mol. The molecule has 0 atom stereocenters. The monoisotopic (exact) mass is 279 g/mol. The Morgan fingerprint density at radius 2 is 1.67 bits per heavy atom. The molecule has 1 amide bonds. The lowest BCUT2D eigenvalue weighted by atomic mass is 10.0. The third-order valence-corrected chi connectivity index (χ3v) is 4.12. The zero-order valence-corrected chi connectivity index (χ0v) is 12.2. The van der Waals surface area contributed by atoms with E-state index in [-0.39, 0.29) is 5.91 Å². The van der Waals surface area contributed by atoms with Crippen molar-refractivity contribution < 1.29 is 4.79 Å². The first-order chi connectivity index (χ1) is 10.3. The van der Waals surface area contributed by atoms with Crippen LogP contribution in [0.15, 0.2) is 54.6 Å². The van der Waals surface area contributed by atoms with Gasteiger partial charge in [-0.3, -0.25) is 4.79 Å². The van der Waals surface area contributed by atoms with E-state index in [1.54, 1.807) is 0 Å². The summed E-state index contributed by atoms with van der Waals surface area (Å²) < 4.78 is 0. The summed E-state index contributed by atoms with van der Waals surface area (Å²) in [6.45, 7) is 0. The third kappa shape index (κ3) is 3.72. The van der Waals surface area contributed by atoms with Gasteiger partial charge in [-0.05, 0) is 29.5 Å². The molecule has 108 valence electrons. The zero-order valence-electron chi connectivity index (χ0n) is 12.2. The van der Waals surface area contributed by atoms with Gasteiger partial charge in [0, 0.05) is 6.04 Å². The summed E-state index contributed by atoms with van der Waals surface area (Å²) in [4.78, 5) is 12.1. The van der Waals surface area contributed by atoms with Crippen molar-refractivity contribution in [1.29, 1.82) is 0 Å². The highest BCUT2D eigenvalue weighted by atomic mass is 16.1. The van der Waals surface area contributed by atoms with Crippen LogP contribution in [0.5, 0.6) is 0 Å². The van der Waals surface area contributed by atoms with Crippen LogP contribution in [0.3, 0.4) is 0 Å². The summed E-state index contributed by atoms with van der Waals surface area (Å²) in [7, 11) is 0. The molecule has 0 aromatic heterocycles. The van der Waals surface area contributed by atoms with Crippen LogP contribution in [0.1, 0.15) is 31.2 Å². The van der Waals surface area contributed by atoms with Gasteiger partial charge < -0.3 is 5.32 Å². The Balaban J connectivity index is 1.67. The highest BCUT2D eigenvalue weighted by Gasteiger charge is 2.17.